The van der Waals surface area contributed by atoms with E-state index in [0.29, 0.717) is 34.7 Å². The van der Waals surface area contributed by atoms with Crippen LogP contribution in [0.15, 0.2) is 60.8 Å². The number of aromatic nitrogens is 1. The highest BCUT2D eigenvalue weighted by molar-refractivity contribution is 6.32. The normalized spacial score (nSPS) is 10.4. The summed E-state index contributed by atoms with van der Waals surface area (Å²) in [6.45, 7) is 0.948. The molecule has 1 N–H and O–H groups in total. The molecule has 1 heterocycles. The van der Waals surface area contributed by atoms with Crippen molar-refractivity contribution in [1.82, 2.24) is 4.98 Å². The van der Waals surface area contributed by atoms with Crippen molar-refractivity contribution < 1.29 is 9.47 Å². The lowest BCUT2D eigenvalue weighted by Gasteiger charge is -2.15. The van der Waals surface area contributed by atoms with E-state index in [2.05, 4.69) is 10.3 Å². The summed E-state index contributed by atoms with van der Waals surface area (Å²) in [5, 5.41) is 4.43. The third-order valence-electron chi connectivity index (χ3n) is 3.72. The molecule has 0 aliphatic rings. The van der Waals surface area contributed by atoms with Crippen LogP contribution in [0.4, 0.5) is 5.82 Å². The van der Waals surface area contributed by atoms with Gasteiger partial charge in [0.2, 0.25) is 0 Å². The van der Waals surface area contributed by atoms with Crippen LogP contribution in [0.2, 0.25) is 10.0 Å². The van der Waals surface area contributed by atoms with Gasteiger partial charge < -0.3 is 14.8 Å². The van der Waals surface area contributed by atoms with Crippen LogP contribution in [-0.4, -0.2) is 12.1 Å². The summed E-state index contributed by atoms with van der Waals surface area (Å²) in [5.41, 5.74) is 1.96. The maximum atomic E-state index is 6.42. The first kappa shape index (κ1) is 18.4. The van der Waals surface area contributed by atoms with Gasteiger partial charge in [0, 0.05) is 17.8 Å². The number of methoxy groups -OCH3 is 1. The molecule has 6 heteroatoms. The minimum Gasteiger partial charge on any atom is -0.493 e. The number of nitrogens with one attached hydrogen (secondary N) is 1. The van der Waals surface area contributed by atoms with E-state index in [0.717, 1.165) is 16.9 Å². The van der Waals surface area contributed by atoms with E-state index in [1.165, 1.54) is 0 Å². The largest absolute Gasteiger partial charge is 0.493 e. The molecular weight excluding hydrogens is 371 g/mol. The zero-order valence-corrected chi connectivity index (χ0v) is 15.7. The Morgan fingerprint density at radius 3 is 2.50 bits per heavy atom. The summed E-state index contributed by atoms with van der Waals surface area (Å²) >= 11 is 12.3. The Morgan fingerprint density at radius 1 is 1.00 bits per heavy atom. The van der Waals surface area contributed by atoms with Crippen molar-refractivity contribution in [3.8, 4) is 11.5 Å². The second-order valence-electron chi connectivity index (χ2n) is 5.59. The molecule has 0 saturated carbocycles. The van der Waals surface area contributed by atoms with Crippen LogP contribution in [0.25, 0.3) is 0 Å². The van der Waals surface area contributed by atoms with E-state index in [1.54, 1.807) is 13.3 Å². The van der Waals surface area contributed by atoms with Gasteiger partial charge >= 0.3 is 0 Å². The molecule has 0 bridgehead atoms. The average molecular weight is 389 g/mol. The Kier molecular flexibility index (Phi) is 6.21. The van der Waals surface area contributed by atoms with Crippen molar-refractivity contribution >= 4 is 29.0 Å². The maximum Gasteiger partial charge on any atom is 0.180 e. The number of halogens is 2. The molecular formula is C20H18Cl2N2O2. The number of anilines is 1. The number of nitrogens with zero attached hydrogens (tertiary/aromatic N) is 1. The third kappa shape index (κ3) is 4.81. The second-order valence-corrected chi connectivity index (χ2v) is 6.44. The Labute approximate surface area is 162 Å². The van der Waals surface area contributed by atoms with E-state index in [9.17, 15) is 0 Å². The minimum atomic E-state index is 0.374. The zero-order valence-electron chi connectivity index (χ0n) is 14.2. The molecule has 134 valence electrons. The Morgan fingerprint density at radius 2 is 1.81 bits per heavy atom. The Bertz CT molecular complexity index is 856. The highest BCUT2D eigenvalue weighted by Crippen LogP contribution is 2.37. The molecule has 0 aliphatic heterocycles. The topological polar surface area (TPSA) is 43.4 Å². The number of hydrogen-bond acceptors (Lipinski definition) is 4. The van der Waals surface area contributed by atoms with E-state index < -0.39 is 0 Å². The second kappa shape index (κ2) is 8.79. The lowest BCUT2D eigenvalue weighted by molar-refractivity contribution is 0.284. The number of ether oxygens (including phenoxy) is 2. The molecule has 2 aromatic carbocycles. The van der Waals surface area contributed by atoms with Crippen molar-refractivity contribution in [3.63, 3.8) is 0 Å². The quantitative estimate of drug-likeness (QED) is 0.572. The molecule has 1 aromatic heterocycles. The zero-order chi connectivity index (χ0) is 18.4. The van der Waals surface area contributed by atoms with Crippen LogP contribution in [0.5, 0.6) is 11.5 Å². The van der Waals surface area contributed by atoms with Crippen LogP contribution < -0.4 is 14.8 Å². The van der Waals surface area contributed by atoms with Gasteiger partial charge in [-0.05, 0) is 47.5 Å². The Hall–Kier alpha value is -2.43. The van der Waals surface area contributed by atoms with Gasteiger partial charge in [0.1, 0.15) is 12.4 Å². The van der Waals surface area contributed by atoms with Crippen LogP contribution in [-0.2, 0) is 13.2 Å². The van der Waals surface area contributed by atoms with Crippen LogP contribution in [0, 0.1) is 0 Å². The lowest BCUT2D eigenvalue weighted by Crippen LogP contribution is -2.03. The summed E-state index contributed by atoms with van der Waals surface area (Å²) in [5.74, 6) is 1.90. The minimum absolute atomic E-state index is 0.374. The fraction of sp³-hybridized carbons (Fsp3) is 0.150. The van der Waals surface area contributed by atoms with Crippen molar-refractivity contribution in [2.45, 2.75) is 13.2 Å². The van der Waals surface area contributed by atoms with Crippen molar-refractivity contribution in [2.24, 2.45) is 0 Å². The number of benzene rings is 2. The first-order chi connectivity index (χ1) is 12.7. The fourth-order valence-corrected chi connectivity index (χ4v) is 2.83. The van der Waals surface area contributed by atoms with Crippen molar-refractivity contribution in [1.29, 1.82) is 0 Å². The molecule has 3 aromatic rings. The van der Waals surface area contributed by atoms with Gasteiger partial charge in [0.15, 0.2) is 11.5 Å². The SMILES string of the molecule is COc1cc(CNc2ccccn2)cc(Cl)c1OCc1ccc(Cl)cc1. The van der Waals surface area contributed by atoms with Gasteiger partial charge in [-0.1, -0.05) is 41.4 Å². The Balaban J connectivity index is 1.71. The van der Waals surface area contributed by atoms with Crippen molar-refractivity contribution in [2.75, 3.05) is 12.4 Å². The third-order valence-corrected chi connectivity index (χ3v) is 4.26. The maximum absolute atomic E-state index is 6.42. The smallest absolute Gasteiger partial charge is 0.180 e. The van der Waals surface area contributed by atoms with E-state index >= 15 is 0 Å². The highest BCUT2D eigenvalue weighted by atomic mass is 35.5. The summed E-state index contributed by atoms with van der Waals surface area (Å²) < 4.78 is 11.3. The van der Waals surface area contributed by atoms with Gasteiger partial charge in [-0.15, -0.1) is 0 Å². The van der Waals surface area contributed by atoms with E-state index in [-0.39, 0.29) is 0 Å². The molecule has 0 fully saturated rings. The summed E-state index contributed by atoms with van der Waals surface area (Å²) in [6.07, 6.45) is 1.74. The number of rotatable bonds is 7. The van der Waals surface area contributed by atoms with Crippen molar-refractivity contribution in [3.05, 3.63) is 82.0 Å². The molecule has 26 heavy (non-hydrogen) atoms. The standard InChI is InChI=1S/C20H18Cl2N2O2/c1-25-18-11-15(12-24-19-4-2-3-9-23-19)10-17(22)20(18)26-13-14-5-7-16(21)8-6-14/h2-11H,12-13H2,1H3,(H,23,24). The first-order valence-corrected chi connectivity index (χ1v) is 8.80. The lowest BCUT2D eigenvalue weighted by atomic mass is 10.2. The molecule has 3 rings (SSSR count). The number of pyridine rings is 1. The monoisotopic (exact) mass is 388 g/mol. The van der Waals surface area contributed by atoms with Gasteiger partial charge in [-0.3, -0.25) is 0 Å². The van der Waals surface area contributed by atoms with E-state index in [1.807, 2.05) is 54.6 Å². The molecule has 0 atom stereocenters. The summed E-state index contributed by atoms with van der Waals surface area (Å²) in [7, 11) is 1.59. The molecule has 4 nitrogen and oxygen atoms in total. The molecule has 0 amide bonds. The van der Waals surface area contributed by atoms with Gasteiger partial charge in [0.05, 0.1) is 12.1 Å². The fourth-order valence-electron chi connectivity index (χ4n) is 2.41. The molecule has 0 spiro atoms. The van der Waals surface area contributed by atoms with Gasteiger partial charge in [-0.2, -0.15) is 0 Å². The van der Waals surface area contributed by atoms with Gasteiger partial charge in [-0.25, -0.2) is 4.98 Å². The predicted molar refractivity (Wildman–Crippen MR) is 105 cm³/mol. The summed E-state index contributed by atoms with van der Waals surface area (Å²) in [6, 6.07) is 16.9. The van der Waals surface area contributed by atoms with Crippen LogP contribution in [0.1, 0.15) is 11.1 Å². The average Bonchev–Trinajstić information content (AvgIpc) is 2.67. The van der Waals surface area contributed by atoms with Gasteiger partial charge in [0.25, 0.3) is 0 Å². The summed E-state index contributed by atoms with van der Waals surface area (Å²) in [4.78, 5) is 4.24. The van der Waals surface area contributed by atoms with Crippen LogP contribution >= 0.6 is 23.2 Å². The molecule has 0 aliphatic carbocycles. The number of hydrogen-bond donors (Lipinski definition) is 1. The van der Waals surface area contributed by atoms with E-state index in [4.69, 9.17) is 32.7 Å². The predicted octanol–water partition coefficient (Wildman–Crippen LogP) is 5.59. The highest BCUT2D eigenvalue weighted by Gasteiger charge is 2.12. The first-order valence-electron chi connectivity index (χ1n) is 8.04. The molecule has 0 unspecified atom stereocenters. The van der Waals surface area contributed by atoms with Crippen LogP contribution in [0.3, 0.4) is 0 Å². The molecule has 0 saturated heterocycles. The molecule has 0 radical (unpaired) electrons.